The van der Waals surface area contributed by atoms with Crippen molar-refractivity contribution >= 4 is 28.4 Å². The highest BCUT2D eigenvalue weighted by Crippen LogP contribution is 2.28. The van der Waals surface area contributed by atoms with Crippen molar-refractivity contribution in [2.75, 3.05) is 0 Å². The lowest BCUT2D eigenvalue weighted by Crippen LogP contribution is -2.48. The van der Waals surface area contributed by atoms with E-state index in [4.69, 9.17) is 11.6 Å². The fourth-order valence-corrected chi connectivity index (χ4v) is 3.97. The van der Waals surface area contributed by atoms with E-state index >= 15 is 0 Å². The Bertz CT molecular complexity index is 721. The summed E-state index contributed by atoms with van der Waals surface area (Å²) < 4.78 is 0. The number of pyridine rings is 1. The van der Waals surface area contributed by atoms with Crippen molar-refractivity contribution in [1.29, 1.82) is 0 Å². The molecule has 114 valence electrons. The largest absolute Gasteiger partial charge is 0.349 e. The lowest BCUT2D eigenvalue weighted by atomic mass is 9.99. The highest BCUT2D eigenvalue weighted by atomic mass is 35.5. The van der Waals surface area contributed by atoms with Crippen molar-refractivity contribution in [3.8, 4) is 0 Å². The molecule has 0 saturated carbocycles. The van der Waals surface area contributed by atoms with Crippen molar-refractivity contribution in [1.82, 2.24) is 15.6 Å². The van der Waals surface area contributed by atoms with Crippen LogP contribution in [-0.2, 0) is 0 Å². The van der Waals surface area contributed by atoms with Crippen LogP contribution < -0.4 is 10.6 Å². The number of carbonyl (C=O) groups is 1. The van der Waals surface area contributed by atoms with Gasteiger partial charge >= 0.3 is 0 Å². The molecule has 1 aromatic heterocycles. The predicted octanol–water partition coefficient (Wildman–Crippen LogP) is 2.90. The lowest BCUT2D eigenvalue weighted by molar-refractivity contribution is 0.0925. The van der Waals surface area contributed by atoms with Crippen LogP contribution in [0.4, 0.5) is 0 Å². The zero-order valence-electron chi connectivity index (χ0n) is 12.2. The number of carbonyl (C=O) groups excluding carboxylic acids is 1. The lowest BCUT2D eigenvalue weighted by Gasteiger charge is -2.29. The van der Waals surface area contributed by atoms with E-state index in [9.17, 15) is 4.79 Å². The van der Waals surface area contributed by atoms with Crippen LogP contribution in [0, 0.1) is 0 Å². The summed E-state index contributed by atoms with van der Waals surface area (Å²) in [5.74, 6) is -0.0494. The van der Waals surface area contributed by atoms with Gasteiger partial charge in [0.1, 0.15) is 0 Å². The Balaban J connectivity index is 1.59. The maximum Gasteiger partial charge on any atom is 0.253 e. The van der Waals surface area contributed by atoms with Crippen molar-refractivity contribution in [2.24, 2.45) is 0 Å². The van der Waals surface area contributed by atoms with Crippen molar-refractivity contribution in [2.45, 2.75) is 43.8 Å². The summed E-state index contributed by atoms with van der Waals surface area (Å²) in [6.45, 7) is 0. The molecule has 2 saturated heterocycles. The summed E-state index contributed by atoms with van der Waals surface area (Å²) in [5.41, 5.74) is 1.27. The number of benzene rings is 1. The predicted molar refractivity (Wildman–Crippen MR) is 87.2 cm³/mol. The van der Waals surface area contributed by atoms with Gasteiger partial charge in [-0.3, -0.25) is 9.78 Å². The van der Waals surface area contributed by atoms with Crippen molar-refractivity contribution in [3.05, 3.63) is 41.0 Å². The molecule has 4 nitrogen and oxygen atoms in total. The molecule has 4 rings (SSSR count). The van der Waals surface area contributed by atoms with Gasteiger partial charge in [-0.05, 0) is 49.9 Å². The van der Waals surface area contributed by atoms with Crippen LogP contribution in [0.5, 0.6) is 0 Å². The molecule has 2 aliphatic rings. The van der Waals surface area contributed by atoms with E-state index in [1.807, 2.05) is 12.1 Å². The maximum atomic E-state index is 12.7. The first-order chi connectivity index (χ1) is 10.7. The van der Waals surface area contributed by atoms with E-state index in [0.717, 1.165) is 18.2 Å². The maximum absolute atomic E-state index is 12.7. The summed E-state index contributed by atoms with van der Waals surface area (Å²) in [7, 11) is 0. The van der Waals surface area contributed by atoms with Gasteiger partial charge in [0.25, 0.3) is 5.91 Å². The fraction of sp³-hybridized carbons (Fsp3) is 0.412. The van der Waals surface area contributed by atoms with Gasteiger partial charge in [0, 0.05) is 29.7 Å². The number of aromatic nitrogens is 1. The first kappa shape index (κ1) is 14.0. The molecule has 0 radical (unpaired) electrons. The number of halogens is 1. The van der Waals surface area contributed by atoms with E-state index in [1.54, 1.807) is 18.3 Å². The van der Waals surface area contributed by atoms with Gasteiger partial charge in [-0.2, -0.15) is 0 Å². The Kier molecular flexibility index (Phi) is 3.51. The Hall–Kier alpha value is -1.65. The van der Waals surface area contributed by atoms with Crippen molar-refractivity contribution < 1.29 is 4.79 Å². The van der Waals surface area contributed by atoms with E-state index in [0.29, 0.717) is 28.2 Å². The Morgan fingerprint density at radius 1 is 1.23 bits per heavy atom. The molecule has 2 atom stereocenters. The van der Waals surface area contributed by atoms with Gasteiger partial charge < -0.3 is 10.6 Å². The highest BCUT2D eigenvalue weighted by molar-refractivity contribution is 6.36. The van der Waals surface area contributed by atoms with Crippen LogP contribution in [-0.4, -0.2) is 29.0 Å². The summed E-state index contributed by atoms with van der Waals surface area (Å²) >= 11 is 6.19. The Morgan fingerprint density at radius 3 is 2.77 bits per heavy atom. The quantitative estimate of drug-likeness (QED) is 0.896. The second-order valence-corrected chi connectivity index (χ2v) is 6.68. The van der Waals surface area contributed by atoms with Gasteiger partial charge in [-0.1, -0.05) is 11.6 Å². The third-order valence-corrected chi connectivity index (χ3v) is 5.10. The number of nitrogens with one attached hydrogen (secondary N) is 2. The van der Waals surface area contributed by atoms with Crippen LogP contribution in [0.25, 0.3) is 10.9 Å². The number of piperidine rings is 1. The van der Waals surface area contributed by atoms with E-state index < -0.39 is 0 Å². The van der Waals surface area contributed by atoms with E-state index in [1.165, 1.54) is 12.8 Å². The van der Waals surface area contributed by atoms with Crippen molar-refractivity contribution in [3.63, 3.8) is 0 Å². The van der Waals surface area contributed by atoms with Gasteiger partial charge in [-0.15, -0.1) is 0 Å². The monoisotopic (exact) mass is 315 g/mol. The molecule has 22 heavy (non-hydrogen) atoms. The first-order valence-corrected chi connectivity index (χ1v) is 8.18. The Labute approximate surface area is 134 Å². The molecular formula is C17H18ClN3O. The number of amides is 1. The standard InChI is InChI=1S/C17H18ClN3O/c18-15-6-5-14(16-13(15)2-1-7-19-16)17(22)21-12-8-10-3-4-11(9-12)20-10/h1-2,5-7,10-12,20H,3-4,8-9H2,(H,21,22). The van der Waals surface area contributed by atoms with Crippen LogP contribution in [0.15, 0.2) is 30.5 Å². The Morgan fingerprint density at radius 2 is 2.00 bits per heavy atom. The molecule has 1 amide bonds. The molecule has 5 heteroatoms. The number of hydrogen-bond acceptors (Lipinski definition) is 3. The molecule has 2 aliphatic heterocycles. The normalized spacial score (nSPS) is 27.0. The molecule has 1 aromatic carbocycles. The van der Waals surface area contributed by atoms with Gasteiger partial charge in [0.05, 0.1) is 16.1 Å². The molecular weight excluding hydrogens is 298 g/mol. The van der Waals surface area contributed by atoms with Gasteiger partial charge in [0.2, 0.25) is 0 Å². The third kappa shape index (κ3) is 2.46. The fourth-order valence-electron chi connectivity index (χ4n) is 3.76. The minimum atomic E-state index is -0.0494. The number of hydrogen-bond donors (Lipinski definition) is 2. The van der Waals surface area contributed by atoms with Crippen LogP contribution >= 0.6 is 11.6 Å². The van der Waals surface area contributed by atoms with Gasteiger partial charge in [0.15, 0.2) is 0 Å². The molecule has 2 bridgehead atoms. The second kappa shape index (κ2) is 5.52. The number of rotatable bonds is 2. The first-order valence-electron chi connectivity index (χ1n) is 7.81. The number of fused-ring (bicyclic) bond motifs is 3. The minimum Gasteiger partial charge on any atom is -0.349 e. The average molecular weight is 316 g/mol. The molecule has 0 spiro atoms. The summed E-state index contributed by atoms with van der Waals surface area (Å²) in [4.78, 5) is 17.0. The van der Waals surface area contributed by atoms with Crippen LogP contribution in [0.3, 0.4) is 0 Å². The molecule has 2 fully saturated rings. The van der Waals surface area contributed by atoms with E-state index in [-0.39, 0.29) is 11.9 Å². The summed E-state index contributed by atoms with van der Waals surface area (Å²) in [6, 6.07) is 8.64. The molecule has 2 unspecified atom stereocenters. The smallest absolute Gasteiger partial charge is 0.253 e. The van der Waals surface area contributed by atoms with Crippen LogP contribution in [0.2, 0.25) is 5.02 Å². The average Bonchev–Trinajstić information content (AvgIpc) is 2.86. The topological polar surface area (TPSA) is 54.0 Å². The third-order valence-electron chi connectivity index (χ3n) is 4.77. The molecule has 2 N–H and O–H groups in total. The minimum absolute atomic E-state index is 0.0494. The zero-order valence-corrected chi connectivity index (χ0v) is 12.9. The highest BCUT2D eigenvalue weighted by Gasteiger charge is 2.34. The van der Waals surface area contributed by atoms with Gasteiger partial charge in [-0.25, -0.2) is 0 Å². The molecule has 0 aliphatic carbocycles. The molecule has 3 heterocycles. The van der Waals surface area contributed by atoms with Crippen LogP contribution in [0.1, 0.15) is 36.0 Å². The summed E-state index contributed by atoms with van der Waals surface area (Å²) in [6.07, 6.45) is 6.17. The van der Waals surface area contributed by atoms with E-state index in [2.05, 4.69) is 15.6 Å². The molecule has 2 aromatic rings. The number of nitrogens with zero attached hydrogens (tertiary/aromatic N) is 1. The SMILES string of the molecule is O=C(NC1CC2CCC(C1)N2)c1ccc(Cl)c2cccnc12. The zero-order chi connectivity index (χ0) is 15.1. The second-order valence-electron chi connectivity index (χ2n) is 6.27. The summed E-state index contributed by atoms with van der Waals surface area (Å²) in [5, 5.41) is 8.22.